The number of hydrogen-bond donors (Lipinski definition) is 4. The van der Waals surface area contributed by atoms with E-state index in [-0.39, 0.29) is 0 Å². The van der Waals surface area contributed by atoms with Crippen LogP contribution in [0.4, 0.5) is 0 Å². The smallest absolute Gasteiger partial charge is 0.0238 e. The standard InChI is InChI=1S/C12H28N4/c1-11(5-7-13)15-9-3-4-10-16-12(2)6-8-14/h5,7,11-12,15-16H,3-4,6,8-10,13-14H2,1-2H3. The van der Waals surface area contributed by atoms with Gasteiger partial charge in [0.15, 0.2) is 0 Å². The minimum Gasteiger partial charge on any atom is -0.405 e. The van der Waals surface area contributed by atoms with E-state index in [0.717, 1.165) is 26.1 Å². The highest BCUT2D eigenvalue weighted by atomic mass is 14.9. The molecule has 6 N–H and O–H groups in total. The maximum Gasteiger partial charge on any atom is 0.0238 e. The summed E-state index contributed by atoms with van der Waals surface area (Å²) in [6.45, 7) is 7.16. The average Bonchev–Trinajstić information content (AvgIpc) is 2.24. The molecule has 0 saturated heterocycles. The van der Waals surface area contributed by atoms with E-state index in [2.05, 4.69) is 24.5 Å². The molecule has 0 aromatic rings. The maximum atomic E-state index is 5.48. The molecule has 0 fully saturated rings. The second-order valence-electron chi connectivity index (χ2n) is 4.27. The van der Waals surface area contributed by atoms with Gasteiger partial charge in [0, 0.05) is 12.1 Å². The van der Waals surface area contributed by atoms with Crippen molar-refractivity contribution in [3.63, 3.8) is 0 Å². The van der Waals surface area contributed by atoms with Gasteiger partial charge in [0.25, 0.3) is 0 Å². The number of rotatable bonds is 10. The Morgan fingerprint density at radius 3 is 2.31 bits per heavy atom. The quantitative estimate of drug-likeness (QED) is 0.412. The predicted molar refractivity (Wildman–Crippen MR) is 71.2 cm³/mol. The molecular weight excluding hydrogens is 200 g/mol. The molecule has 2 unspecified atom stereocenters. The molecule has 16 heavy (non-hydrogen) atoms. The van der Waals surface area contributed by atoms with Gasteiger partial charge in [0.2, 0.25) is 0 Å². The van der Waals surface area contributed by atoms with Crippen molar-refractivity contribution in [2.45, 2.75) is 45.2 Å². The van der Waals surface area contributed by atoms with Gasteiger partial charge in [-0.1, -0.05) is 6.08 Å². The molecule has 0 aliphatic heterocycles. The number of nitrogens with one attached hydrogen (secondary N) is 2. The molecule has 96 valence electrons. The molecule has 4 nitrogen and oxygen atoms in total. The third-order valence-corrected chi connectivity index (χ3v) is 2.56. The maximum absolute atomic E-state index is 5.48. The lowest BCUT2D eigenvalue weighted by atomic mass is 10.2. The molecule has 0 rings (SSSR count). The predicted octanol–water partition coefficient (Wildman–Crippen LogP) is 0.544. The van der Waals surface area contributed by atoms with Crippen LogP contribution in [0.3, 0.4) is 0 Å². The minimum absolute atomic E-state index is 0.370. The molecule has 0 aromatic heterocycles. The van der Waals surface area contributed by atoms with E-state index >= 15 is 0 Å². The van der Waals surface area contributed by atoms with E-state index < -0.39 is 0 Å². The molecule has 0 amide bonds. The van der Waals surface area contributed by atoms with Crippen molar-refractivity contribution in [1.82, 2.24) is 10.6 Å². The zero-order valence-electron chi connectivity index (χ0n) is 10.7. The van der Waals surface area contributed by atoms with Gasteiger partial charge in [-0.15, -0.1) is 0 Å². The lowest BCUT2D eigenvalue weighted by molar-refractivity contribution is 0.495. The Balaban J connectivity index is 3.21. The fourth-order valence-corrected chi connectivity index (χ4v) is 1.51. The Bertz CT molecular complexity index is 170. The zero-order valence-corrected chi connectivity index (χ0v) is 10.7. The van der Waals surface area contributed by atoms with E-state index in [1.807, 2.05) is 6.08 Å². The van der Waals surface area contributed by atoms with Crippen LogP contribution in [-0.2, 0) is 0 Å². The number of unbranched alkanes of at least 4 members (excludes halogenated alkanes) is 1. The first-order valence-electron chi connectivity index (χ1n) is 6.26. The molecule has 0 bridgehead atoms. The van der Waals surface area contributed by atoms with Gasteiger partial charge in [0.05, 0.1) is 0 Å². The van der Waals surface area contributed by atoms with Crippen molar-refractivity contribution in [2.24, 2.45) is 11.5 Å². The summed E-state index contributed by atoms with van der Waals surface area (Å²) in [5.41, 5.74) is 10.8. The Hall–Kier alpha value is -0.580. The van der Waals surface area contributed by atoms with E-state index in [1.165, 1.54) is 12.8 Å². The number of hydrogen-bond acceptors (Lipinski definition) is 4. The Morgan fingerprint density at radius 1 is 1.12 bits per heavy atom. The second kappa shape index (κ2) is 10.9. The molecule has 4 heteroatoms. The van der Waals surface area contributed by atoms with Crippen LogP contribution in [0.1, 0.15) is 33.1 Å². The Kier molecular flexibility index (Phi) is 10.5. The first-order chi connectivity index (χ1) is 7.70. The summed E-state index contributed by atoms with van der Waals surface area (Å²) in [6, 6.07) is 0.908. The van der Waals surface area contributed by atoms with Gasteiger partial charge < -0.3 is 22.1 Å². The third kappa shape index (κ3) is 9.96. The van der Waals surface area contributed by atoms with Gasteiger partial charge >= 0.3 is 0 Å². The molecule has 0 saturated carbocycles. The van der Waals surface area contributed by atoms with Crippen molar-refractivity contribution in [3.8, 4) is 0 Å². The third-order valence-electron chi connectivity index (χ3n) is 2.56. The van der Waals surface area contributed by atoms with Gasteiger partial charge in [0.1, 0.15) is 0 Å². The number of nitrogens with two attached hydrogens (primary N) is 2. The first-order valence-corrected chi connectivity index (χ1v) is 6.26. The van der Waals surface area contributed by atoms with Crippen LogP contribution in [0.2, 0.25) is 0 Å². The molecule has 0 aliphatic carbocycles. The molecule has 2 atom stereocenters. The van der Waals surface area contributed by atoms with Crippen molar-refractivity contribution < 1.29 is 0 Å². The monoisotopic (exact) mass is 228 g/mol. The topological polar surface area (TPSA) is 76.1 Å². The fraction of sp³-hybridized carbons (Fsp3) is 0.833. The fourth-order valence-electron chi connectivity index (χ4n) is 1.51. The summed E-state index contributed by atoms with van der Waals surface area (Å²) in [7, 11) is 0. The van der Waals surface area contributed by atoms with Crippen LogP contribution in [0.15, 0.2) is 12.3 Å². The van der Waals surface area contributed by atoms with Crippen molar-refractivity contribution >= 4 is 0 Å². The second-order valence-corrected chi connectivity index (χ2v) is 4.27. The van der Waals surface area contributed by atoms with Crippen molar-refractivity contribution in [3.05, 3.63) is 12.3 Å². The van der Waals surface area contributed by atoms with Crippen LogP contribution in [0.5, 0.6) is 0 Å². The Morgan fingerprint density at radius 2 is 1.75 bits per heavy atom. The van der Waals surface area contributed by atoms with Crippen LogP contribution in [0.25, 0.3) is 0 Å². The van der Waals surface area contributed by atoms with Crippen LogP contribution >= 0.6 is 0 Å². The lowest BCUT2D eigenvalue weighted by Gasteiger charge is -2.13. The van der Waals surface area contributed by atoms with Crippen LogP contribution in [-0.4, -0.2) is 31.7 Å². The molecule has 0 aliphatic rings. The van der Waals surface area contributed by atoms with Gasteiger partial charge in [-0.2, -0.15) is 0 Å². The van der Waals surface area contributed by atoms with E-state index in [0.29, 0.717) is 12.1 Å². The summed E-state index contributed by atoms with van der Waals surface area (Å²) in [6.07, 6.45) is 6.98. The van der Waals surface area contributed by atoms with E-state index in [9.17, 15) is 0 Å². The summed E-state index contributed by atoms with van der Waals surface area (Å²) in [5.74, 6) is 0. The molecular formula is C12H28N4. The van der Waals surface area contributed by atoms with Gasteiger partial charge in [-0.3, -0.25) is 0 Å². The zero-order chi connectivity index (χ0) is 12.2. The average molecular weight is 228 g/mol. The van der Waals surface area contributed by atoms with Crippen LogP contribution in [0, 0.1) is 0 Å². The largest absolute Gasteiger partial charge is 0.405 e. The van der Waals surface area contributed by atoms with Gasteiger partial charge in [-0.25, -0.2) is 0 Å². The molecule has 0 aromatic carbocycles. The highest BCUT2D eigenvalue weighted by Gasteiger charge is 1.98. The highest BCUT2D eigenvalue weighted by Crippen LogP contribution is 1.91. The molecule has 0 heterocycles. The molecule has 0 spiro atoms. The normalized spacial score (nSPS) is 15.4. The molecule has 0 radical (unpaired) electrons. The van der Waals surface area contributed by atoms with Gasteiger partial charge in [-0.05, 0) is 58.9 Å². The minimum atomic E-state index is 0.370. The van der Waals surface area contributed by atoms with E-state index in [4.69, 9.17) is 11.5 Å². The van der Waals surface area contributed by atoms with E-state index in [1.54, 1.807) is 6.20 Å². The summed E-state index contributed by atoms with van der Waals surface area (Å²) in [5, 5.41) is 6.84. The lowest BCUT2D eigenvalue weighted by Crippen LogP contribution is -2.30. The van der Waals surface area contributed by atoms with Crippen molar-refractivity contribution in [2.75, 3.05) is 19.6 Å². The Labute approximate surface area is 99.8 Å². The summed E-state index contributed by atoms with van der Waals surface area (Å²) >= 11 is 0. The highest BCUT2D eigenvalue weighted by molar-refractivity contribution is 4.86. The first kappa shape index (κ1) is 15.4. The SMILES string of the molecule is CC(C=CN)NCCCCNC(C)CCN. The van der Waals surface area contributed by atoms with Crippen LogP contribution < -0.4 is 22.1 Å². The summed E-state index contributed by atoms with van der Waals surface area (Å²) in [4.78, 5) is 0. The van der Waals surface area contributed by atoms with Crippen molar-refractivity contribution in [1.29, 1.82) is 0 Å². The summed E-state index contributed by atoms with van der Waals surface area (Å²) < 4.78 is 0.